The number of aliphatic hydroxyl groups is 4. The van der Waals surface area contributed by atoms with Crippen molar-refractivity contribution in [1.82, 2.24) is 0 Å². The Bertz CT molecular complexity index is 1390. The number of aliphatic hydroxyl groups excluding tert-OH is 2. The van der Waals surface area contributed by atoms with Crippen molar-refractivity contribution < 1.29 is 43.8 Å². The average Bonchev–Trinajstić information content (AvgIpc) is 3.58. The number of cyclic esters (lactones) is 1. The quantitative estimate of drug-likeness (QED) is 0.196. The molecule has 1 aromatic carbocycles. The maximum absolute atomic E-state index is 13.5. The zero-order valence-corrected chi connectivity index (χ0v) is 27.5. The van der Waals surface area contributed by atoms with Crippen LogP contribution in [0.2, 0.25) is 0 Å². The molecule has 258 valence electrons. The molecule has 4 N–H and O–H groups in total. The lowest BCUT2D eigenvalue weighted by Gasteiger charge is -2.66. The summed E-state index contributed by atoms with van der Waals surface area (Å²) in [7, 11) is 0. The first kappa shape index (κ1) is 33.3. The maximum atomic E-state index is 13.5. The van der Waals surface area contributed by atoms with E-state index in [9.17, 15) is 29.6 Å². The number of carbonyl (C=O) groups is 1. The molecule has 2 aliphatic heterocycles. The van der Waals surface area contributed by atoms with Gasteiger partial charge in [-0.05, 0) is 106 Å². The predicted molar refractivity (Wildman–Crippen MR) is 171 cm³/mol. The number of fused-ring (bicyclic) bond motifs is 5. The van der Waals surface area contributed by atoms with Gasteiger partial charge in [-0.2, -0.15) is 0 Å². The molecular weight excluding hydrogens is 605 g/mol. The molecule has 9 nitrogen and oxygen atoms in total. The molecule has 4 aliphatic carbocycles. The van der Waals surface area contributed by atoms with Crippen LogP contribution in [0.5, 0.6) is 0 Å². The van der Waals surface area contributed by atoms with Gasteiger partial charge in [0.25, 0.3) is 0 Å². The highest BCUT2D eigenvalue weighted by Crippen LogP contribution is 2.70. The normalized spacial score (nSPS) is 46.4. The monoisotopic (exact) mass is 655 g/mol. The highest BCUT2D eigenvalue weighted by atomic mass is 19.1. The van der Waals surface area contributed by atoms with Gasteiger partial charge in [-0.3, -0.25) is 4.99 Å². The molecule has 7 rings (SSSR count). The van der Waals surface area contributed by atoms with Gasteiger partial charge < -0.3 is 34.6 Å². The van der Waals surface area contributed by atoms with Crippen molar-refractivity contribution in [2.75, 3.05) is 13.2 Å². The van der Waals surface area contributed by atoms with Crippen LogP contribution in [0.15, 0.2) is 40.9 Å². The summed E-state index contributed by atoms with van der Waals surface area (Å²) in [4.78, 5) is 16.9. The SMILES string of the molecule is CC1OC(O[C@H]2CC[C@]3(C=NCCc4ccc(F)cc4)[C@H]4CC[C@]5(C)[C@@H](C6=CC(=O)OC6)CC[C@]5(O)[C@@H]4CC[C@]3(O)C2)CC(O)C1O. The van der Waals surface area contributed by atoms with Gasteiger partial charge in [0, 0.05) is 42.5 Å². The van der Waals surface area contributed by atoms with Crippen LogP contribution in [-0.2, 0) is 25.4 Å². The van der Waals surface area contributed by atoms with Crippen molar-refractivity contribution in [2.45, 2.75) is 126 Å². The fourth-order valence-electron chi connectivity index (χ4n) is 10.9. The molecule has 0 bridgehead atoms. The number of esters is 1. The molecular formula is C37H50FNO8. The van der Waals surface area contributed by atoms with E-state index in [1.807, 2.05) is 6.21 Å². The Morgan fingerprint density at radius 3 is 2.53 bits per heavy atom. The zero-order valence-electron chi connectivity index (χ0n) is 27.5. The van der Waals surface area contributed by atoms with E-state index in [-0.39, 0.29) is 42.1 Å². The fourth-order valence-corrected chi connectivity index (χ4v) is 10.9. The number of ether oxygens (including phenoxy) is 3. The van der Waals surface area contributed by atoms with E-state index in [1.54, 1.807) is 25.1 Å². The number of rotatable bonds is 7. The summed E-state index contributed by atoms with van der Waals surface area (Å²) in [5.41, 5.74) is -1.15. The van der Waals surface area contributed by atoms with E-state index in [2.05, 4.69) is 6.92 Å². The van der Waals surface area contributed by atoms with E-state index in [0.717, 1.165) is 30.4 Å². The van der Waals surface area contributed by atoms with E-state index >= 15 is 0 Å². The van der Waals surface area contributed by atoms with Crippen LogP contribution in [0.3, 0.4) is 0 Å². The second-order valence-corrected chi connectivity index (χ2v) is 15.6. The van der Waals surface area contributed by atoms with Gasteiger partial charge in [-0.15, -0.1) is 0 Å². The smallest absolute Gasteiger partial charge is 0.331 e. The van der Waals surface area contributed by atoms with E-state index in [0.29, 0.717) is 58.1 Å². The number of hydrogen-bond donors (Lipinski definition) is 4. The van der Waals surface area contributed by atoms with Gasteiger partial charge in [0.15, 0.2) is 6.29 Å². The maximum Gasteiger partial charge on any atom is 0.331 e. The molecule has 4 saturated carbocycles. The standard InChI is InChI=1S/C37H50FNO8/c1-22-33(42)30(40)18-32(46-22)47-26-7-13-35(21-39-16-11-23-3-5-25(38)6-4-23)28-8-12-34(2)27(24-17-31(41)45-20-24)10-15-37(34,44)29(28)9-14-36(35,43)19-26/h3-6,17,21-22,26-30,32-33,40,42-44H,7-16,18-20H2,1-2H3/t22?,26-,27+,28-,29+,30?,32?,33?,34+,35-,36-,37-/m0/s1. The highest BCUT2D eigenvalue weighted by molar-refractivity contribution is 5.85. The van der Waals surface area contributed by atoms with Crippen LogP contribution < -0.4 is 0 Å². The number of halogens is 1. The van der Waals surface area contributed by atoms with Crippen molar-refractivity contribution in [3.8, 4) is 0 Å². The molecule has 1 saturated heterocycles. The zero-order chi connectivity index (χ0) is 33.2. The minimum absolute atomic E-state index is 0.00644. The van der Waals surface area contributed by atoms with E-state index in [1.165, 1.54) is 12.1 Å². The number of carbonyl (C=O) groups excluding carboxylic acids is 1. The summed E-state index contributed by atoms with van der Waals surface area (Å²) >= 11 is 0. The number of benzene rings is 1. The summed E-state index contributed by atoms with van der Waals surface area (Å²) < 4.78 is 31.0. The van der Waals surface area contributed by atoms with E-state index < -0.39 is 46.6 Å². The average molecular weight is 656 g/mol. The molecule has 6 aliphatic rings. The molecule has 2 heterocycles. The van der Waals surface area contributed by atoms with Gasteiger partial charge in [0.1, 0.15) is 18.5 Å². The first-order valence-corrected chi connectivity index (χ1v) is 17.6. The summed E-state index contributed by atoms with van der Waals surface area (Å²) in [6.45, 7) is 4.71. The van der Waals surface area contributed by atoms with Crippen molar-refractivity contribution in [2.24, 2.45) is 33.6 Å². The van der Waals surface area contributed by atoms with E-state index in [4.69, 9.17) is 19.2 Å². The van der Waals surface area contributed by atoms with Crippen molar-refractivity contribution in [3.05, 3.63) is 47.3 Å². The Morgan fingerprint density at radius 1 is 1.04 bits per heavy atom. The third-order valence-electron chi connectivity index (χ3n) is 13.4. The predicted octanol–water partition coefficient (Wildman–Crippen LogP) is 4.03. The molecule has 4 unspecified atom stereocenters. The van der Waals surface area contributed by atoms with Crippen LogP contribution in [-0.4, -0.2) is 87.7 Å². The summed E-state index contributed by atoms with van der Waals surface area (Å²) in [5, 5.41) is 46.0. The molecule has 10 heteroatoms. The molecule has 12 atom stereocenters. The lowest BCUT2D eigenvalue weighted by Crippen LogP contribution is -2.69. The Morgan fingerprint density at radius 2 is 1.81 bits per heavy atom. The van der Waals surface area contributed by atoms with Gasteiger partial charge in [-0.25, -0.2) is 9.18 Å². The largest absolute Gasteiger partial charge is 0.458 e. The molecule has 0 amide bonds. The highest BCUT2D eigenvalue weighted by Gasteiger charge is 2.71. The fraction of sp³-hybridized carbons (Fsp3) is 0.730. The minimum atomic E-state index is -1.12. The first-order chi connectivity index (χ1) is 22.4. The minimum Gasteiger partial charge on any atom is -0.458 e. The Kier molecular flexibility index (Phi) is 8.70. The van der Waals surface area contributed by atoms with Crippen molar-refractivity contribution in [3.63, 3.8) is 0 Å². The summed E-state index contributed by atoms with van der Waals surface area (Å²) in [6, 6.07) is 6.46. The molecule has 0 aromatic heterocycles. The number of hydrogen-bond acceptors (Lipinski definition) is 9. The lowest BCUT2D eigenvalue weighted by atomic mass is 9.41. The molecule has 47 heavy (non-hydrogen) atoms. The molecule has 0 radical (unpaired) electrons. The second-order valence-electron chi connectivity index (χ2n) is 15.6. The van der Waals surface area contributed by atoms with Gasteiger partial charge in [0.2, 0.25) is 0 Å². The molecule has 5 fully saturated rings. The Balaban J connectivity index is 1.15. The van der Waals surface area contributed by atoms with Crippen LogP contribution >= 0.6 is 0 Å². The number of nitrogens with zero attached hydrogens (tertiary/aromatic N) is 1. The first-order valence-electron chi connectivity index (χ1n) is 17.6. The third kappa shape index (κ3) is 5.51. The Labute approximate surface area is 276 Å². The molecule has 0 spiro atoms. The van der Waals surface area contributed by atoms with Gasteiger partial charge >= 0.3 is 5.97 Å². The van der Waals surface area contributed by atoms with Gasteiger partial charge in [0.05, 0.1) is 29.5 Å². The van der Waals surface area contributed by atoms with Gasteiger partial charge in [-0.1, -0.05) is 19.1 Å². The second kappa shape index (κ2) is 12.3. The molecule has 1 aromatic rings. The van der Waals surface area contributed by atoms with Crippen molar-refractivity contribution >= 4 is 12.2 Å². The topological polar surface area (TPSA) is 138 Å². The van der Waals surface area contributed by atoms with Crippen LogP contribution in [0, 0.1) is 34.4 Å². The summed E-state index contributed by atoms with van der Waals surface area (Å²) in [5.74, 6) is -0.523. The number of aliphatic imine (C=N–C) groups is 1. The third-order valence-corrected chi connectivity index (χ3v) is 13.4. The van der Waals surface area contributed by atoms with Crippen LogP contribution in [0.25, 0.3) is 0 Å². The van der Waals surface area contributed by atoms with Crippen molar-refractivity contribution in [1.29, 1.82) is 0 Å². The van der Waals surface area contributed by atoms with Crippen LogP contribution in [0.4, 0.5) is 4.39 Å². The summed E-state index contributed by atoms with van der Waals surface area (Å²) in [6.07, 6.45) is 6.93. The lowest BCUT2D eigenvalue weighted by molar-refractivity contribution is -0.282. The van der Waals surface area contributed by atoms with Crippen LogP contribution in [0.1, 0.15) is 83.6 Å². The Hall–Kier alpha value is -2.21.